The van der Waals surface area contributed by atoms with Gasteiger partial charge in [0, 0.05) is 25.2 Å². The van der Waals surface area contributed by atoms with E-state index in [1.807, 2.05) is 25.7 Å². The van der Waals surface area contributed by atoms with E-state index in [1.54, 1.807) is 0 Å². The molecule has 1 amide bonds. The zero-order chi connectivity index (χ0) is 15.3. The van der Waals surface area contributed by atoms with Gasteiger partial charge in [-0.15, -0.1) is 0 Å². The summed E-state index contributed by atoms with van der Waals surface area (Å²) in [5, 5.41) is 3.69. The molecule has 0 aromatic heterocycles. The van der Waals surface area contributed by atoms with Gasteiger partial charge in [0.05, 0.1) is 0 Å². The second kappa shape index (κ2) is 7.48. The average molecular weight is 296 g/mol. The molecule has 2 fully saturated rings. The smallest absolute Gasteiger partial charge is 0.410 e. The van der Waals surface area contributed by atoms with Crippen molar-refractivity contribution in [2.75, 3.05) is 13.1 Å². The number of likely N-dealkylation sites (tertiary alicyclic amines) is 1. The van der Waals surface area contributed by atoms with Gasteiger partial charge in [-0.2, -0.15) is 0 Å². The van der Waals surface area contributed by atoms with Crippen molar-refractivity contribution in [1.82, 2.24) is 10.2 Å². The Morgan fingerprint density at radius 2 is 1.76 bits per heavy atom. The first kappa shape index (κ1) is 16.6. The zero-order valence-corrected chi connectivity index (χ0v) is 14.0. The second-order valence-corrected chi connectivity index (χ2v) is 7.57. The molecule has 4 heteroatoms. The molecule has 0 unspecified atom stereocenters. The number of rotatable bonds is 3. The number of amides is 1. The maximum absolute atomic E-state index is 12.4. The van der Waals surface area contributed by atoms with Crippen molar-refractivity contribution in [3.05, 3.63) is 0 Å². The lowest BCUT2D eigenvalue weighted by molar-refractivity contribution is 0.00952. The number of nitrogens with one attached hydrogen (secondary N) is 1. The Kier molecular flexibility index (Phi) is 5.91. The molecule has 0 radical (unpaired) electrons. The summed E-state index contributed by atoms with van der Waals surface area (Å²) in [6.45, 7) is 7.56. The van der Waals surface area contributed by atoms with Crippen molar-refractivity contribution in [2.45, 2.75) is 89.8 Å². The summed E-state index contributed by atoms with van der Waals surface area (Å²) >= 11 is 0. The highest BCUT2D eigenvalue weighted by Crippen LogP contribution is 2.22. The number of ether oxygens (including phenoxy) is 1. The Morgan fingerprint density at radius 3 is 2.43 bits per heavy atom. The van der Waals surface area contributed by atoms with E-state index in [4.69, 9.17) is 4.74 Å². The molecular weight excluding hydrogens is 264 g/mol. The van der Waals surface area contributed by atoms with E-state index in [1.165, 1.54) is 38.5 Å². The van der Waals surface area contributed by atoms with Gasteiger partial charge in [-0.1, -0.05) is 19.3 Å². The summed E-state index contributed by atoms with van der Waals surface area (Å²) in [5.74, 6) is 0. The average Bonchev–Trinajstić information content (AvgIpc) is 2.45. The second-order valence-electron chi connectivity index (χ2n) is 7.57. The summed E-state index contributed by atoms with van der Waals surface area (Å²) in [4.78, 5) is 14.3. The highest BCUT2D eigenvalue weighted by Gasteiger charge is 2.30. The molecule has 0 spiro atoms. The van der Waals surface area contributed by atoms with Gasteiger partial charge in [0.2, 0.25) is 0 Å². The summed E-state index contributed by atoms with van der Waals surface area (Å²) in [6.07, 6.45) is 9.92. The van der Waals surface area contributed by atoms with E-state index in [0.717, 1.165) is 25.9 Å². The molecule has 21 heavy (non-hydrogen) atoms. The number of carbonyl (C=O) groups is 1. The predicted octanol–water partition coefficient (Wildman–Crippen LogP) is 3.70. The first-order valence-corrected chi connectivity index (χ1v) is 8.69. The minimum Gasteiger partial charge on any atom is -0.444 e. The minimum atomic E-state index is -0.407. The molecule has 1 aliphatic heterocycles. The summed E-state index contributed by atoms with van der Waals surface area (Å²) in [7, 11) is 0. The zero-order valence-electron chi connectivity index (χ0n) is 14.0. The van der Waals surface area contributed by atoms with Crippen molar-refractivity contribution in [3.8, 4) is 0 Å². The van der Waals surface area contributed by atoms with Crippen LogP contribution in [0, 0.1) is 0 Å². The molecule has 1 saturated heterocycles. The fourth-order valence-corrected chi connectivity index (χ4v) is 3.38. The van der Waals surface area contributed by atoms with Gasteiger partial charge in [-0.25, -0.2) is 4.79 Å². The number of hydrogen-bond acceptors (Lipinski definition) is 3. The van der Waals surface area contributed by atoms with E-state index in [9.17, 15) is 4.79 Å². The molecule has 2 aliphatic rings. The first-order chi connectivity index (χ1) is 9.96. The molecule has 1 N–H and O–H groups in total. The fraction of sp³-hybridized carbons (Fsp3) is 0.941. The van der Waals surface area contributed by atoms with Gasteiger partial charge in [0.25, 0.3) is 0 Å². The molecule has 1 atom stereocenters. The maximum atomic E-state index is 12.4. The Bertz CT molecular complexity index is 332. The van der Waals surface area contributed by atoms with Crippen LogP contribution in [0.2, 0.25) is 0 Å². The molecule has 1 heterocycles. The van der Waals surface area contributed by atoms with Crippen molar-refractivity contribution in [3.63, 3.8) is 0 Å². The van der Waals surface area contributed by atoms with Crippen molar-refractivity contribution < 1.29 is 9.53 Å². The van der Waals surface area contributed by atoms with Crippen LogP contribution in [0.1, 0.15) is 72.1 Å². The number of nitrogens with zero attached hydrogens (tertiary/aromatic N) is 1. The SMILES string of the molecule is CC(C)(C)OC(=O)N1CCCC[C@@H]1CNC1CCCCC1. The van der Waals surface area contributed by atoms with Crippen LogP contribution in [-0.4, -0.2) is 41.8 Å². The van der Waals surface area contributed by atoms with E-state index in [-0.39, 0.29) is 6.09 Å². The van der Waals surface area contributed by atoms with Crippen molar-refractivity contribution in [1.29, 1.82) is 0 Å². The molecule has 1 saturated carbocycles. The van der Waals surface area contributed by atoms with E-state index < -0.39 is 5.60 Å². The van der Waals surface area contributed by atoms with Gasteiger partial charge in [-0.05, 0) is 52.9 Å². The van der Waals surface area contributed by atoms with Gasteiger partial charge in [0.15, 0.2) is 0 Å². The lowest BCUT2D eigenvalue weighted by Gasteiger charge is -2.38. The molecule has 0 bridgehead atoms. The van der Waals surface area contributed by atoms with Crippen LogP contribution >= 0.6 is 0 Å². The van der Waals surface area contributed by atoms with Gasteiger partial charge >= 0.3 is 6.09 Å². The van der Waals surface area contributed by atoms with Crippen LogP contribution in [0.25, 0.3) is 0 Å². The maximum Gasteiger partial charge on any atom is 0.410 e. The van der Waals surface area contributed by atoms with Crippen LogP contribution in [0.15, 0.2) is 0 Å². The molecular formula is C17H32N2O2. The molecule has 122 valence electrons. The Hall–Kier alpha value is -0.770. The Labute approximate surface area is 129 Å². The normalized spacial score (nSPS) is 24.9. The highest BCUT2D eigenvalue weighted by molar-refractivity contribution is 5.68. The number of piperidine rings is 1. The first-order valence-electron chi connectivity index (χ1n) is 8.69. The lowest BCUT2D eigenvalue weighted by atomic mass is 9.95. The summed E-state index contributed by atoms with van der Waals surface area (Å²) < 4.78 is 5.56. The van der Waals surface area contributed by atoms with Crippen LogP contribution in [0.5, 0.6) is 0 Å². The van der Waals surface area contributed by atoms with Crippen LogP contribution in [0.4, 0.5) is 4.79 Å². The molecule has 0 aromatic carbocycles. The third kappa shape index (κ3) is 5.50. The van der Waals surface area contributed by atoms with Crippen molar-refractivity contribution in [2.24, 2.45) is 0 Å². The summed E-state index contributed by atoms with van der Waals surface area (Å²) in [5.41, 5.74) is -0.407. The molecule has 4 nitrogen and oxygen atoms in total. The monoisotopic (exact) mass is 296 g/mol. The molecule has 2 rings (SSSR count). The number of carbonyl (C=O) groups excluding carboxylic acids is 1. The molecule has 1 aliphatic carbocycles. The topological polar surface area (TPSA) is 41.6 Å². The summed E-state index contributed by atoms with van der Waals surface area (Å²) in [6, 6.07) is 0.955. The quantitative estimate of drug-likeness (QED) is 0.863. The van der Waals surface area contributed by atoms with Crippen LogP contribution < -0.4 is 5.32 Å². The van der Waals surface area contributed by atoms with Crippen LogP contribution in [-0.2, 0) is 4.74 Å². The lowest BCUT2D eigenvalue weighted by Crippen LogP contribution is -2.51. The van der Waals surface area contributed by atoms with Crippen LogP contribution in [0.3, 0.4) is 0 Å². The third-order valence-corrected chi connectivity index (χ3v) is 4.50. The highest BCUT2D eigenvalue weighted by atomic mass is 16.6. The Morgan fingerprint density at radius 1 is 1.10 bits per heavy atom. The minimum absolute atomic E-state index is 0.141. The van der Waals surface area contributed by atoms with Gasteiger partial charge in [-0.3, -0.25) is 0 Å². The predicted molar refractivity (Wildman–Crippen MR) is 85.5 cm³/mol. The van der Waals surface area contributed by atoms with E-state index in [2.05, 4.69) is 5.32 Å². The Balaban J connectivity index is 1.84. The van der Waals surface area contributed by atoms with E-state index >= 15 is 0 Å². The van der Waals surface area contributed by atoms with E-state index in [0.29, 0.717) is 12.1 Å². The largest absolute Gasteiger partial charge is 0.444 e. The van der Waals surface area contributed by atoms with Crippen molar-refractivity contribution >= 4 is 6.09 Å². The fourth-order valence-electron chi connectivity index (χ4n) is 3.38. The standard InChI is InChI=1S/C17H32N2O2/c1-17(2,3)21-16(20)19-12-8-7-11-15(19)13-18-14-9-5-4-6-10-14/h14-15,18H,4-13H2,1-3H3/t15-/m1/s1. The molecule has 0 aromatic rings. The third-order valence-electron chi connectivity index (χ3n) is 4.50. The van der Waals surface area contributed by atoms with Gasteiger partial charge < -0.3 is 15.0 Å². The number of hydrogen-bond donors (Lipinski definition) is 1. The van der Waals surface area contributed by atoms with Gasteiger partial charge in [0.1, 0.15) is 5.60 Å².